The first-order valence-electron chi connectivity index (χ1n) is 6.61. The first-order valence-corrected chi connectivity index (χ1v) is 6.61. The van der Waals surface area contributed by atoms with Crippen molar-refractivity contribution >= 4 is 10.8 Å². The van der Waals surface area contributed by atoms with Crippen molar-refractivity contribution in [3.8, 4) is 5.75 Å². The van der Waals surface area contributed by atoms with E-state index in [0.29, 0.717) is 13.2 Å². The number of aromatic nitrogens is 1. The maximum atomic E-state index is 5.91. The van der Waals surface area contributed by atoms with Crippen LogP contribution in [0.25, 0.3) is 10.8 Å². The number of rotatable bonds is 4. The average molecular weight is 264 g/mol. The van der Waals surface area contributed by atoms with Gasteiger partial charge in [0.1, 0.15) is 12.4 Å². The largest absolute Gasteiger partial charge is 0.489 e. The Balaban J connectivity index is 1.91. The molecule has 3 nitrogen and oxygen atoms in total. The van der Waals surface area contributed by atoms with Gasteiger partial charge in [-0.15, -0.1) is 0 Å². The van der Waals surface area contributed by atoms with Gasteiger partial charge in [-0.05, 0) is 34.5 Å². The summed E-state index contributed by atoms with van der Waals surface area (Å²) < 4.78 is 5.91. The zero-order valence-electron chi connectivity index (χ0n) is 11.1. The molecule has 0 unspecified atom stereocenters. The van der Waals surface area contributed by atoms with Gasteiger partial charge in [0.15, 0.2) is 0 Å². The lowest BCUT2D eigenvalue weighted by Crippen LogP contribution is -2.03. The summed E-state index contributed by atoms with van der Waals surface area (Å²) in [5, 5.41) is 2.34. The molecule has 0 radical (unpaired) electrons. The third kappa shape index (κ3) is 2.49. The van der Waals surface area contributed by atoms with Crippen molar-refractivity contribution in [2.24, 2.45) is 5.73 Å². The van der Waals surface area contributed by atoms with Crippen molar-refractivity contribution in [1.82, 2.24) is 4.98 Å². The number of hydrogen-bond acceptors (Lipinski definition) is 3. The van der Waals surface area contributed by atoms with Gasteiger partial charge in [-0.2, -0.15) is 0 Å². The molecular formula is C17H16N2O. The molecule has 100 valence electrons. The minimum absolute atomic E-state index is 0.465. The van der Waals surface area contributed by atoms with Crippen LogP contribution in [0.1, 0.15) is 11.1 Å². The van der Waals surface area contributed by atoms with Crippen molar-refractivity contribution < 1.29 is 4.74 Å². The smallest absolute Gasteiger partial charge is 0.124 e. The summed E-state index contributed by atoms with van der Waals surface area (Å²) in [6.07, 6.45) is 3.53. The molecule has 0 fully saturated rings. The molecule has 3 aromatic rings. The van der Waals surface area contributed by atoms with Gasteiger partial charge in [-0.3, -0.25) is 4.98 Å². The van der Waals surface area contributed by atoms with Crippen LogP contribution < -0.4 is 10.5 Å². The van der Waals surface area contributed by atoms with E-state index in [4.69, 9.17) is 10.5 Å². The highest BCUT2D eigenvalue weighted by Crippen LogP contribution is 2.28. The topological polar surface area (TPSA) is 48.1 Å². The Hall–Kier alpha value is -2.39. The molecule has 0 aliphatic rings. The van der Waals surface area contributed by atoms with E-state index in [0.717, 1.165) is 22.3 Å². The molecule has 0 saturated heterocycles. The first kappa shape index (κ1) is 12.6. The van der Waals surface area contributed by atoms with Crippen LogP contribution in [0.4, 0.5) is 0 Å². The molecule has 0 saturated carbocycles. The molecule has 0 bridgehead atoms. The van der Waals surface area contributed by atoms with Crippen LogP contribution in [0, 0.1) is 0 Å². The Morgan fingerprint density at radius 1 is 0.950 bits per heavy atom. The van der Waals surface area contributed by atoms with E-state index >= 15 is 0 Å². The normalized spacial score (nSPS) is 10.7. The molecule has 0 atom stereocenters. The van der Waals surface area contributed by atoms with Crippen LogP contribution in [0.2, 0.25) is 0 Å². The third-order valence-corrected chi connectivity index (χ3v) is 3.35. The van der Waals surface area contributed by atoms with E-state index in [1.165, 1.54) is 5.39 Å². The van der Waals surface area contributed by atoms with Gasteiger partial charge >= 0.3 is 0 Å². The zero-order chi connectivity index (χ0) is 13.8. The van der Waals surface area contributed by atoms with Crippen molar-refractivity contribution in [2.75, 3.05) is 0 Å². The molecule has 0 aliphatic heterocycles. The lowest BCUT2D eigenvalue weighted by Gasteiger charge is -2.13. The average Bonchev–Trinajstić information content (AvgIpc) is 2.53. The van der Waals surface area contributed by atoms with Crippen molar-refractivity contribution in [1.29, 1.82) is 0 Å². The van der Waals surface area contributed by atoms with Gasteiger partial charge in [0.05, 0.1) is 0 Å². The quantitative estimate of drug-likeness (QED) is 0.786. The first-order chi connectivity index (χ1) is 9.88. The van der Waals surface area contributed by atoms with Gasteiger partial charge in [-0.25, -0.2) is 0 Å². The van der Waals surface area contributed by atoms with Gasteiger partial charge in [0.2, 0.25) is 0 Å². The van der Waals surface area contributed by atoms with E-state index in [1.54, 1.807) is 12.4 Å². The second-order valence-electron chi connectivity index (χ2n) is 4.61. The minimum atomic E-state index is 0.465. The number of fused-ring (bicyclic) bond motifs is 1. The molecule has 1 heterocycles. The van der Waals surface area contributed by atoms with Crippen LogP contribution in [-0.2, 0) is 13.2 Å². The van der Waals surface area contributed by atoms with Crippen LogP contribution in [-0.4, -0.2) is 4.98 Å². The van der Waals surface area contributed by atoms with Crippen LogP contribution >= 0.6 is 0 Å². The summed E-state index contributed by atoms with van der Waals surface area (Å²) in [7, 11) is 0. The molecule has 20 heavy (non-hydrogen) atoms. The van der Waals surface area contributed by atoms with Gasteiger partial charge in [0.25, 0.3) is 0 Å². The minimum Gasteiger partial charge on any atom is -0.489 e. The van der Waals surface area contributed by atoms with E-state index < -0.39 is 0 Å². The number of nitrogens with two attached hydrogens (primary N) is 1. The highest BCUT2D eigenvalue weighted by molar-refractivity contribution is 5.87. The molecule has 0 amide bonds. The number of hydrogen-bond donors (Lipinski definition) is 1. The maximum absolute atomic E-state index is 5.91. The highest BCUT2D eigenvalue weighted by atomic mass is 16.5. The van der Waals surface area contributed by atoms with Crippen molar-refractivity contribution in [3.63, 3.8) is 0 Å². The van der Waals surface area contributed by atoms with E-state index in [2.05, 4.69) is 23.2 Å². The molecule has 0 aliphatic carbocycles. The number of ether oxygens (including phenoxy) is 1. The Bertz CT molecular complexity index is 711. The van der Waals surface area contributed by atoms with Gasteiger partial charge in [-0.1, -0.05) is 30.3 Å². The SMILES string of the molecule is NCc1c(OCc2ccncc2)ccc2ccccc12. The van der Waals surface area contributed by atoms with Gasteiger partial charge < -0.3 is 10.5 Å². The predicted octanol–water partition coefficient (Wildman–Crippen LogP) is 3.27. The number of benzene rings is 2. The molecule has 1 aromatic heterocycles. The van der Waals surface area contributed by atoms with Crippen molar-refractivity contribution in [3.05, 3.63) is 72.1 Å². The van der Waals surface area contributed by atoms with Crippen LogP contribution in [0.5, 0.6) is 5.75 Å². The summed E-state index contributed by atoms with van der Waals surface area (Å²) in [5.41, 5.74) is 8.04. The third-order valence-electron chi connectivity index (χ3n) is 3.35. The molecular weight excluding hydrogens is 248 g/mol. The second-order valence-corrected chi connectivity index (χ2v) is 4.61. The van der Waals surface area contributed by atoms with E-state index in [1.807, 2.05) is 30.3 Å². The summed E-state index contributed by atoms with van der Waals surface area (Å²) >= 11 is 0. The number of pyridine rings is 1. The summed E-state index contributed by atoms with van der Waals surface area (Å²) in [4.78, 5) is 4.00. The van der Waals surface area contributed by atoms with E-state index in [9.17, 15) is 0 Å². The summed E-state index contributed by atoms with van der Waals surface area (Å²) in [6.45, 7) is 0.987. The lowest BCUT2D eigenvalue weighted by molar-refractivity contribution is 0.303. The molecule has 3 rings (SSSR count). The fraction of sp³-hybridized carbons (Fsp3) is 0.118. The molecule has 3 heteroatoms. The Kier molecular flexibility index (Phi) is 3.61. The predicted molar refractivity (Wildman–Crippen MR) is 80.4 cm³/mol. The number of nitrogens with zero attached hydrogens (tertiary/aromatic N) is 1. The van der Waals surface area contributed by atoms with Crippen LogP contribution in [0.15, 0.2) is 60.9 Å². The van der Waals surface area contributed by atoms with Crippen LogP contribution in [0.3, 0.4) is 0 Å². The van der Waals surface area contributed by atoms with E-state index in [-0.39, 0.29) is 0 Å². The fourth-order valence-corrected chi connectivity index (χ4v) is 2.30. The summed E-state index contributed by atoms with van der Waals surface area (Å²) in [5.74, 6) is 0.850. The highest BCUT2D eigenvalue weighted by Gasteiger charge is 2.07. The Morgan fingerprint density at radius 2 is 1.75 bits per heavy atom. The fourth-order valence-electron chi connectivity index (χ4n) is 2.30. The standard InChI is InChI=1S/C17H16N2O/c18-11-16-15-4-2-1-3-14(15)5-6-17(16)20-12-13-7-9-19-10-8-13/h1-10H,11-12,18H2. The van der Waals surface area contributed by atoms with Gasteiger partial charge in [0, 0.05) is 24.5 Å². The lowest BCUT2D eigenvalue weighted by atomic mass is 10.0. The summed E-state index contributed by atoms with van der Waals surface area (Å²) in [6, 6.07) is 16.2. The second kappa shape index (κ2) is 5.72. The molecule has 2 N–H and O–H groups in total. The molecule has 2 aromatic carbocycles. The monoisotopic (exact) mass is 264 g/mol. The Morgan fingerprint density at radius 3 is 2.55 bits per heavy atom. The van der Waals surface area contributed by atoms with Crippen molar-refractivity contribution in [2.45, 2.75) is 13.2 Å². The molecule has 0 spiro atoms. The Labute approximate surface area is 118 Å². The maximum Gasteiger partial charge on any atom is 0.124 e. The zero-order valence-corrected chi connectivity index (χ0v) is 11.1.